The van der Waals surface area contributed by atoms with Crippen LogP contribution in [0.15, 0.2) is 16.4 Å². The standard InChI is InChI=1S/C10H16N2O2S/c1-2-11-3-5-14-9(7-11)8-12-4-6-15-10(12)13/h4,6,9H,2-3,5,7-8H2,1H3. The van der Waals surface area contributed by atoms with Crippen molar-refractivity contribution in [1.29, 1.82) is 0 Å². The van der Waals surface area contributed by atoms with Crippen LogP contribution in [0, 0.1) is 0 Å². The molecular formula is C10H16N2O2S. The zero-order valence-corrected chi connectivity index (χ0v) is 9.70. The minimum atomic E-state index is 0.104. The first kappa shape index (κ1) is 10.9. The van der Waals surface area contributed by atoms with Crippen LogP contribution in [0.5, 0.6) is 0 Å². The lowest BCUT2D eigenvalue weighted by molar-refractivity contribution is -0.0345. The van der Waals surface area contributed by atoms with Gasteiger partial charge in [0.15, 0.2) is 0 Å². The molecule has 4 nitrogen and oxygen atoms in total. The predicted molar refractivity (Wildman–Crippen MR) is 60.4 cm³/mol. The summed E-state index contributed by atoms with van der Waals surface area (Å²) in [6.07, 6.45) is 1.99. The van der Waals surface area contributed by atoms with E-state index in [0.717, 1.165) is 26.2 Å². The Bertz CT molecular complexity index is 360. The maximum Gasteiger partial charge on any atom is 0.307 e. The number of likely N-dealkylation sites (N-methyl/N-ethyl adjacent to an activating group) is 1. The van der Waals surface area contributed by atoms with Crippen LogP contribution >= 0.6 is 11.3 Å². The summed E-state index contributed by atoms with van der Waals surface area (Å²) >= 11 is 1.24. The highest BCUT2D eigenvalue weighted by Gasteiger charge is 2.19. The van der Waals surface area contributed by atoms with Crippen LogP contribution < -0.4 is 4.87 Å². The van der Waals surface area contributed by atoms with E-state index in [0.29, 0.717) is 6.54 Å². The number of ether oxygens (including phenoxy) is 1. The summed E-state index contributed by atoms with van der Waals surface area (Å²) in [7, 11) is 0. The number of nitrogens with zero attached hydrogens (tertiary/aromatic N) is 2. The minimum Gasteiger partial charge on any atom is -0.374 e. The summed E-state index contributed by atoms with van der Waals surface area (Å²) in [5, 5.41) is 1.82. The first-order valence-corrected chi connectivity index (χ1v) is 6.15. The largest absolute Gasteiger partial charge is 0.374 e. The summed E-state index contributed by atoms with van der Waals surface area (Å²) < 4.78 is 7.37. The molecule has 1 saturated heterocycles. The van der Waals surface area contributed by atoms with Crippen molar-refractivity contribution in [3.8, 4) is 0 Å². The molecule has 1 aliphatic heterocycles. The van der Waals surface area contributed by atoms with E-state index in [4.69, 9.17) is 4.74 Å². The van der Waals surface area contributed by atoms with Gasteiger partial charge in [0.05, 0.1) is 19.3 Å². The Labute approximate surface area is 93.1 Å². The molecule has 0 spiro atoms. The smallest absolute Gasteiger partial charge is 0.307 e. The second-order valence-electron chi connectivity index (χ2n) is 3.71. The molecule has 0 saturated carbocycles. The number of thiazole rings is 1. The molecule has 2 heterocycles. The molecule has 5 heteroatoms. The third-order valence-corrected chi connectivity index (χ3v) is 3.41. The van der Waals surface area contributed by atoms with E-state index >= 15 is 0 Å². The minimum absolute atomic E-state index is 0.104. The molecule has 1 fully saturated rings. The molecule has 1 unspecified atom stereocenters. The second kappa shape index (κ2) is 4.92. The number of aromatic nitrogens is 1. The summed E-state index contributed by atoms with van der Waals surface area (Å²) in [4.78, 5) is 13.8. The molecule has 1 atom stereocenters. The highest BCUT2D eigenvalue weighted by Crippen LogP contribution is 2.06. The van der Waals surface area contributed by atoms with E-state index < -0.39 is 0 Å². The number of rotatable bonds is 3. The van der Waals surface area contributed by atoms with Crippen LogP contribution in [0.2, 0.25) is 0 Å². The molecule has 1 aromatic heterocycles. The van der Waals surface area contributed by atoms with Crippen molar-refractivity contribution < 1.29 is 4.74 Å². The summed E-state index contributed by atoms with van der Waals surface area (Å²) in [6.45, 7) is 6.60. The lowest BCUT2D eigenvalue weighted by atomic mass is 10.2. The Morgan fingerprint density at radius 1 is 1.67 bits per heavy atom. The van der Waals surface area contributed by atoms with Crippen LogP contribution in [0.1, 0.15) is 6.92 Å². The van der Waals surface area contributed by atoms with Crippen LogP contribution in [-0.4, -0.2) is 41.8 Å². The van der Waals surface area contributed by atoms with Gasteiger partial charge in [-0.05, 0) is 6.54 Å². The van der Waals surface area contributed by atoms with Crippen molar-refractivity contribution in [2.24, 2.45) is 0 Å². The number of hydrogen-bond acceptors (Lipinski definition) is 4. The normalized spacial score (nSPS) is 23.1. The van der Waals surface area contributed by atoms with Gasteiger partial charge in [-0.2, -0.15) is 0 Å². The fraction of sp³-hybridized carbons (Fsp3) is 0.700. The first-order valence-electron chi connectivity index (χ1n) is 5.27. The van der Waals surface area contributed by atoms with Gasteiger partial charge in [0.2, 0.25) is 0 Å². The Morgan fingerprint density at radius 2 is 2.53 bits per heavy atom. The zero-order valence-electron chi connectivity index (χ0n) is 8.89. The maximum atomic E-state index is 11.4. The maximum absolute atomic E-state index is 11.4. The Morgan fingerprint density at radius 3 is 3.20 bits per heavy atom. The second-order valence-corrected chi connectivity index (χ2v) is 4.56. The lowest BCUT2D eigenvalue weighted by Crippen LogP contribution is -2.44. The first-order chi connectivity index (χ1) is 7.29. The molecule has 2 rings (SSSR count). The van der Waals surface area contributed by atoms with Crippen molar-refractivity contribution in [1.82, 2.24) is 9.47 Å². The van der Waals surface area contributed by atoms with E-state index in [1.165, 1.54) is 11.3 Å². The van der Waals surface area contributed by atoms with Gasteiger partial charge in [-0.15, -0.1) is 0 Å². The van der Waals surface area contributed by atoms with Crippen LogP contribution in [0.4, 0.5) is 0 Å². The molecule has 0 aromatic carbocycles. The number of hydrogen-bond donors (Lipinski definition) is 0. The molecular weight excluding hydrogens is 212 g/mol. The molecule has 0 amide bonds. The molecule has 1 aliphatic rings. The molecule has 1 aromatic rings. The average molecular weight is 228 g/mol. The van der Waals surface area contributed by atoms with Crippen LogP contribution in [-0.2, 0) is 11.3 Å². The fourth-order valence-corrected chi connectivity index (χ4v) is 2.42. The SMILES string of the molecule is CCN1CCOC(Cn2ccsc2=O)C1. The van der Waals surface area contributed by atoms with Gasteiger partial charge in [0, 0.05) is 24.7 Å². The number of morpholine rings is 1. The zero-order chi connectivity index (χ0) is 10.7. The summed E-state index contributed by atoms with van der Waals surface area (Å²) in [5.74, 6) is 0. The highest BCUT2D eigenvalue weighted by atomic mass is 32.1. The molecule has 0 N–H and O–H groups in total. The summed E-state index contributed by atoms with van der Waals surface area (Å²) in [6, 6.07) is 0. The van der Waals surface area contributed by atoms with Crippen molar-refractivity contribution >= 4 is 11.3 Å². The van der Waals surface area contributed by atoms with Gasteiger partial charge >= 0.3 is 4.87 Å². The van der Waals surface area contributed by atoms with Crippen LogP contribution in [0.25, 0.3) is 0 Å². The molecule has 0 bridgehead atoms. The highest BCUT2D eigenvalue weighted by molar-refractivity contribution is 7.07. The lowest BCUT2D eigenvalue weighted by Gasteiger charge is -2.32. The van der Waals surface area contributed by atoms with Gasteiger partial charge in [-0.3, -0.25) is 9.69 Å². The predicted octanol–water partition coefficient (Wildman–Crippen LogP) is 0.630. The average Bonchev–Trinajstić information content (AvgIpc) is 2.65. The third kappa shape index (κ3) is 2.68. The Balaban J connectivity index is 1.95. The van der Waals surface area contributed by atoms with Gasteiger partial charge in [0.1, 0.15) is 0 Å². The monoisotopic (exact) mass is 228 g/mol. The fourth-order valence-electron chi connectivity index (χ4n) is 1.82. The van der Waals surface area contributed by atoms with Gasteiger partial charge in [-0.1, -0.05) is 18.3 Å². The van der Waals surface area contributed by atoms with Crippen molar-refractivity contribution in [3.05, 3.63) is 21.2 Å². The molecule has 0 aliphatic carbocycles. The van der Waals surface area contributed by atoms with E-state index in [9.17, 15) is 4.79 Å². The molecule has 84 valence electrons. The topological polar surface area (TPSA) is 34.5 Å². The van der Waals surface area contributed by atoms with Gasteiger partial charge in [-0.25, -0.2) is 0 Å². The molecule has 15 heavy (non-hydrogen) atoms. The van der Waals surface area contributed by atoms with E-state index in [1.54, 1.807) is 4.57 Å². The van der Waals surface area contributed by atoms with E-state index in [-0.39, 0.29) is 11.0 Å². The van der Waals surface area contributed by atoms with E-state index in [1.807, 2.05) is 11.6 Å². The Hall–Kier alpha value is -0.650. The van der Waals surface area contributed by atoms with Gasteiger partial charge in [0.25, 0.3) is 0 Å². The van der Waals surface area contributed by atoms with Crippen molar-refractivity contribution in [3.63, 3.8) is 0 Å². The molecule has 0 radical (unpaired) electrons. The van der Waals surface area contributed by atoms with Crippen molar-refractivity contribution in [2.75, 3.05) is 26.2 Å². The van der Waals surface area contributed by atoms with Crippen molar-refractivity contribution in [2.45, 2.75) is 19.6 Å². The van der Waals surface area contributed by atoms with Crippen LogP contribution in [0.3, 0.4) is 0 Å². The third-order valence-electron chi connectivity index (χ3n) is 2.71. The van der Waals surface area contributed by atoms with Gasteiger partial charge < -0.3 is 9.30 Å². The Kier molecular flexibility index (Phi) is 3.56. The quantitative estimate of drug-likeness (QED) is 0.761. The van der Waals surface area contributed by atoms with E-state index in [2.05, 4.69) is 11.8 Å². The summed E-state index contributed by atoms with van der Waals surface area (Å²) in [5.41, 5.74) is 0.